The van der Waals surface area contributed by atoms with Crippen LogP contribution < -0.4 is 14.8 Å². The minimum atomic E-state index is -0.588. The van der Waals surface area contributed by atoms with Crippen molar-refractivity contribution < 1.29 is 24.5 Å². The largest absolute Gasteiger partial charge is 0.454 e. The first kappa shape index (κ1) is 13.0. The summed E-state index contributed by atoms with van der Waals surface area (Å²) in [5.74, 6) is 1.23. The van der Waals surface area contributed by atoms with Gasteiger partial charge in [0.1, 0.15) is 0 Å². The average Bonchev–Trinajstić information content (AvgIpc) is 3.03. The molecule has 0 aromatic heterocycles. The van der Waals surface area contributed by atoms with Gasteiger partial charge in [-0.3, -0.25) is 0 Å². The van der Waals surface area contributed by atoms with E-state index in [-0.39, 0.29) is 32.0 Å². The van der Waals surface area contributed by atoms with E-state index in [0.717, 1.165) is 0 Å². The standard InChI is InChI=1S/C13H16N2O5/c16-6-9-4-10(17)5-15(9)13(18)14-8-1-2-11-12(3-8)20-7-19-11/h1-3,9-10,16-17H,4-7H2,(H,14,18). The number of anilines is 1. The van der Waals surface area contributed by atoms with Crippen LogP contribution in [0.2, 0.25) is 0 Å². The van der Waals surface area contributed by atoms with Gasteiger partial charge in [-0.15, -0.1) is 0 Å². The highest BCUT2D eigenvalue weighted by molar-refractivity contribution is 5.90. The Bertz CT molecular complexity index is 521. The van der Waals surface area contributed by atoms with Gasteiger partial charge in [0.05, 0.1) is 18.8 Å². The third-order valence-electron chi connectivity index (χ3n) is 3.49. The summed E-state index contributed by atoms with van der Waals surface area (Å²) in [6, 6.07) is 4.42. The van der Waals surface area contributed by atoms with Crippen molar-refractivity contribution in [3.63, 3.8) is 0 Å². The van der Waals surface area contributed by atoms with E-state index >= 15 is 0 Å². The molecule has 2 aliphatic rings. The van der Waals surface area contributed by atoms with Gasteiger partial charge in [0.2, 0.25) is 6.79 Å². The first-order valence-corrected chi connectivity index (χ1v) is 6.43. The normalized spacial score (nSPS) is 24.0. The molecule has 3 N–H and O–H groups in total. The molecule has 2 unspecified atom stereocenters. The van der Waals surface area contributed by atoms with Crippen molar-refractivity contribution in [2.75, 3.05) is 25.3 Å². The van der Waals surface area contributed by atoms with Crippen molar-refractivity contribution in [3.8, 4) is 11.5 Å². The molecule has 1 saturated heterocycles. The van der Waals surface area contributed by atoms with E-state index < -0.39 is 6.10 Å². The first-order valence-electron chi connectivity index (χ1n) is 6.43. The van der Waals surface area contributed by atoms with Crippen molar-refractivity contribution in [2.45, 2.75) is 18.6 Å². The number of benzene rings is 1. The number of aliphatic hydroxyl groups is 2. The molecule has 0 radical (unpaired) electrons. The highest BCUT2D eigenvalue weighted by Crippen LogP contribution is 2.34. The Morgan fingerprint density at radius 1 is 1.40 bits per heavy atom. The highest BCUT2D eigenvalue weighted by Gasteiger charge is 2.33. The fraction of sp³-hybridized carbons (Fsp3) is 0.462. The average molecular weight is 280 g/mol. The van der Waals surface area contributed by atoms with Crippen molar-refractivity contribution in [3.05, 3.63) is 18.2 Å². The minimum absolute atomic E-state index is 0.161. The lowest BCUT2D eigenvalue weighted by Crippen LogP contribution is -2.40. The summed E-state index contributed by atoms with van der Waals surface area (Å²) >= 11 is 0. The molecule has 0 saturated carbocycles. The number of fused-ring (bicyclic) bond motifs is 1. The number of rotatable bonds is 2. The van der Waals surface area contributed by atoms with Gasteiger partial charge in [-0.2, -0.15) is 0 Å². The quantitative estimate of drug-likeness (QED) is 0.728. The predicted octanol–water partition coefficient (Wildman–Crippen LogP) is 0.375. The second kappa shape index (κ2) is 5.18. The lowest BCUT2D eigenvalue weighted by Gasteiger charge is -2.23. The summed E-state index contributed by atoms with van der Waals surface area (Å²) < 4.78 is 10.4. The fourth-order valence-electron chi connectivity index (χ4n) is 2.48. The molecule has 1 aromatic carbocycles. The Morgan fingerprint density at radius 2 is 2.20 bits per heavy atom. The maximum atomic E-state index is 12.2. The SMILES string of the molecule is O=C(Nc1ccc2c(c1)OCO2)N1CC(O)CC1CO. The summed E-state index contributed by atoms with van der Waals surface area (Å²) in [4.78, 5) is 13.6. The number of nitrogens with zero attached hydrogens (tertiary/aromatic N) is 1. The number of urea groups is 1. The number of nitrogens with one attached hydrogen (secondary N) is 1. The van der Waals surface area contributed by atoms with E-state index in [9.17, 15) is 15.0 Å². The van der Waals surface area contributed by atoms with E-state index in [2.05, 4.69) is 5.32 Å². The number of aliphatic hydroxyl groups excluding tert-OH is 2. The molecule has 1 aromatic rings. The summed E-state index contributed by atoms with van der Waals surface area (Å²) in [6.07, 6.45) is -0.194. The molecular weight excluding hydrogens is 264 g/mol. The van der Waals surface area contributed by atoms with Gasteiger partial charge >= 0.3 is 6.03 Å². The fourth-order valence-corrected chi connectivity index (χ4v) is 2.48. The molecule has 3 rings (SSSR count). The summed E-state index contributed by atoms with van der Waals surface area (Å²) in [7, 11) is 0. The number of β-amino-alcohol motifs (C(OH)–C–C–N with tert-alkyl or cyclic N) is 1. The molecule has 2 aliphatic heterocycles. The van der Waals surface area contributed by atoms with Crippen LogP contribution in [0.3, 0.4) is 0 Å². The Morgan fingerprint density at radius 3 is 3.00 bits per heavy atom. The number of ether oxygens (including phenoxy) is 2. The van der Waals surface area contributed by atoms with E-state index in [1.165, 1.54) is 4.90 Å². The molecule has 20 heavy (non-hydrogen) atoms. The molecule has 108 valence electrons. The van der Waals surface area contributed by atoms with Crippen LogP contribution in [0.5, 0.6) is 11.5 Å². The first-order chi connectivity index (χ1) is 9.67. The van der Waals surface area contributed by atoms with Crippen LogP contribution in [0.4, 0.5) is 10.5 Å². The Labute approximate surface area is 115 Å². The molecule has 1 fully saturated rings. The number of hydrogen-bond donors (Lipinski definition) is 3. The molecular formula is C13H16N2O5. The summed E-state index contributed by atoms with van der Waals surface area (Å²) in [5, 5.41) is 21.5. The minimum Gasteiger partial charge on any atom is -0.454 e. The third kappa shape index (κ3) is 2.37. The van der Waals surface area contributed by atoms with Crippen molar-refractivity contribution in [2.24, 2.45) is 0 Å². The zero-order chi connectivity index (χ0) is 14.1. The number of likely N-dealkylation sites (tertiary alicyclic amines) is 1. The van der Waals surface area contributed by atoms with E-state index in [1.54, 1.807) is 18.2 Å². The van der Waals surface area contributed by atoms with Crippen LogP contribution in [0.25, 0.3) is 0 Å². The molecule has 0 aliphatic carbocycles. The van der Waals surface area contributed by atoms with Crippen LogP contribution in [0.1, 0.15) is 6.42 Å². The van der Waals surface area contributed by atoms with Gasteiger partial charge < -0.3 is 29.9 Å². The van der Waals surface area contributed by atoms with Gasteiger partial charge in [-0.05, 0) is 18.6 Å². The molecule has 2 atom stereocenters. The number of carbonyl (C=O) groups excluding carboxylic acids is 1. The van der Waals surface area contributed by atoms with Crippen molar-refractivity contribution in [1.29, 1.82) is 0 Å². The van der Waals surface area contributed by atoms with Crippen molar-refractivity contribution in [1.82, 2.24) is 4.90 Å². The Balaban J connectivity index is 1.69. The maximum Gasteiger partial charge on any atom is 0.322 e. The lowest BCUT2D eigenvalue weighted by molar-refractivity contribution is 0.164. The number of amides is 2. The van der Waals surface area contributed by atoms with E-state index in [4.69, 9.17) is 9.47 Å². The lowest BCUT2D eigenvalue weighted by atomic mass is 10.2. The topological polar surface area (TPSA) is 91.3 Å². The van der Waals surface area contributed by atoms with Gasteiger partial charge in [0.15, 0.2) is 11.5 Å². The van der Waals surface area contributed by atoms with E-state index in [0.29, 0.717) is 23.6 Å². The van der Waals surface area contributed by atoms with Crippen LogP contribution in [0, 0.1) is 0 Å². The zero-order valence-electron chi connectivity index (χ0n) is 10.8. The van der Waals surface area contributed by atoms with Gasteiger partial charge in [0, 0.05) is 18.3 Å². The Kier molecular flexibility index (Phi) is 3.37. The molecule has 7 heteroatoms. The van der Waals surface area contributed by atoms with Gasteiger partial charge in [-0.25, -0.2) is 4.79 Å². The smallest absolute Gasteiger partial charge is 0.322 e. The van der Waals surface area contributed by atoms with Gasteiger partial charge in [-0.1, -0.05) is 0 Å². The summed E-state index contributed by atoms with van der Waals surface area (Å²) in [6.45, 7) is 0.241. The number of hydrogen-bond acceptors (Lipinski definition) is 5. The van der Waals surface area contributed by atoms with Crippen LogP contribution in [-0.4, -0.2) is 53.2 Å². The highest BCUT2D eigenvalue weighted by atomic mass is 16.7. The number of carbonyl (C=O) groups is 1. The monoisotopic (exact) mass is 280 g/mol. The molecule has 2 amide bonds. The Hall–Kier alpha value is -1.99. The molecule has 7 nitrogen and oxygen atoms in total. The van der Waals surface area contributed by atoms with Crippen molar-refractivity contribution >= 4 is 11.7 Å². The van der Waals surface area contributed by atoms with Crippen LogP contribution in [-0.2, 0) is 0 Å². The van der Waals surface area contributed by atoms with Crippen LogP contribution in [0.15, 0.2) is 18.2 Å². The maximum absolute atomic E-state index is 12.2. The summed E-state index contributed by atoms with van der Waals surface area (Å²) in [5.41, 5.74) is 0.581. The molecule has 0 bridgehead atoms. The molecule has 0 spiro atoms. The molecule has 2 heterocycles. The van der Waals surface area contributed by atoms with Crippen LogP contribution >= 0.6 is 0 Å². The van der Waals surface area contributed by atoms with E-state index in [1.807, 2.05) is 0 Å². The second-order valence-electron chi connectivity index (χ2n) is 4.88. The third-order valence-corrected chi connectivity index (χ3v) is 3.49. The predicted molar refractivity (Wildman–Crippen MR) is 69.8 cm³/mol. The second-order valence-corrected chi connectivity index (χ2v) is 4.88. The van der Waals surface area contributed by atoms with Gasteiger partial charge in [0.25, 0.3) is 0 Å². The zero-order valence-corrected chi connectivity index (χ0v) is 10.8.